The van der Waals surface area contributed by atoms with Gasteiger partial charge < -0.3 is 20.2 Å². The van der Waals surface area contributed by atoms with Crippen LogP contribution in [-0.2, 0) is 0 Å². The highest BCUT2D eigenvalue weighted by Crippen LogP contribution is 2.25. The number of rotatable bonds is 7. The number of hydrazone groups is 1. The van der Waals surface area contributed by atoms with Crippen LogP contribution in [0.5, 0.6) is 11.5 Å². The summed E-state index contributed by atoms with van der Waals surface area (Å²) in [6, 6.07) is 5.11. The van der Waals surface area contributed by atoms with E-state index in [1.807, 2.05) is 14.1 Å². The minimum Gasteiger partial charge on any atom is -0.504 e. The molecule has 1 aromatic carbocycles. The van der Waals surface area contributed by atoms with E-state index in [2.05, 4.69) is 15.4 Å². The van der Waals surface area contributed by atoms with Crippen LogP contribution in [0.1, 0.15) is 12.0 Å². The first-order valence-electron chi connectivity index (χ1n) is 5.91. The van der Waals surface area contributed by atoms with Gasteiger partial charge in [-0.3, -0.25) is 0 Å². The average Bonchev–Trinajstić information content (AvgIpc) is 2.35. The number of phenols is 1. The van der Waals surface area contributed by atoms with Crippen molar-refractivity contribution in [1.29, 1.82) is 0 Å². The van der Waals surface area contributed by atoms with Crippen molar-refractivity contribution in [2.24, 2.45) is 5.10 Å². The number of methoxy groups -OCH3 is 1. The molecule has 1 rings (SSSR count). The second kappa shape index (κ2) is 7.55. The standard InChI is InChI=1S/C13H21N3O2/c1-16(2)8-4-7-14-15-10-11-5-6-12(17)13(9-11)18-3/h5-6,9-10,14,17H,4,7-8H2,1-3H3/b15-10+. The summed E-state index contributed by atoms with van der Waals surface area (Å²) in [7, 11) is 5.62. The normalized spacial score (nSPS) is 11.1. The molecule has 0 amide bonds. The maximum absolute atomic E-state index is 9.44. The Morgan fingerprint density at radius 1 is 1.44 bits per heavy atom. The van der Waals surface area contributed by atoms with Crippen LogP contribution in [0.3, 0.4) is 0 Å². The molecule has 0 atom stereocenters. The third kappa shape index (κ3) is 5.05. The first-order valence-corrected chi connectivity index (χ1v) is 5.91. The van der Waals surface area contributed by atoms with Crippen molar-refractivity contribution in [2.75, 3.05) is 34.3 Å². The van der Waals surface area contributed by atoms with Gasteiger partial charge in [-0.2, -0.15) is 5.10 Å². The van der Waals surface area contributed by atoms with E-state index < -0.39 is 0 Å². The van der Waals surface area contributed by atoms with Gasteiger partial charge in [0.25, 0.3) is 0 Å². The molecule has 0 unspecified atom stereocenters. The van der Waals surface area contributed by atoms with E-state index >= 15 is 0 Å². The summed E-state index contributed by atoms with van der Waals surface area (Å²) in [5.41, 5.74) is 3.86. The smallest absolute Gasteiger partial charge is 0.161 e. The fourth-order valence-corrected chi connectivity index (χ4v) is 1.43. The Kier molecular flexibility index (Phi) is 6.00. The van der Waals surface area contributed by atoms with E-state index in [4.69, 9.17) is 4.74 Å². The summed E-state index contributed by atoms with van der Waals surface area (Å²) in [5.74, 6) is 0.583. The summed E-state index contributed by atoms with van der Waals surface area (Å²) in [4.78, 5) is 2.14. The first-order chi connectivity index (χ1) is 8.63. The van der Waals surface area contributed by atoms with Crippen LogP contribution in [0.15, 0.2) is 23.3 Å². The summed E-state index contributed by atoms with van der Waals surface area (Å²) in [5, 5.41) is 13.6. The van der Waals surface area contributed by atoms with Gasteiger partial charge in [0.05, 0.1) is 13.3 Å². The van der Waals surface area contributed by atoms with E-state index in [0.717, 1.165) is 25.1 Å². The Labute approximate surface area is 108 Å². The SMILES string of the molecule is COc1cc(/C=N/NCCCN(C)C)ccc1O. The first kappa shape index (κ1) is 14.3. The van der Waals surface area contributed by atoms with Crippen LogP contribution in [0.2, 0.25) is 0 Å². The molecular weight excluding hydrogens is 230 g/mol. The Balaban J connectivity index is 2.38. The highest BCUT2D eigenvalue weighted by molar-refractivity contribution is 5.80. The average molecular weight is 251 g/mol. The molecule has 5 nitrogen and oxygen atoms in total. The van der Waals surface area contributed by atoms with E-state index in [1.165, 1.54) is 7.11 Å². The summed E-state index contributed by atoms with van der Waals surface area (Å²) in [6.45, 7) is 1.87. The summed E-state index contributed by atoms with van der Waals surface area (Å²) < 4.78 is 5.02. The molecule has 5 heteroatoms. The monoisotopic (exact) mass is 251 g/mol. The van der Waals surface area contributed by atoms with E-state index in [1.54, 1.807) is 24.4 Å². The van der Waals surface area contributed by atoms with Crippen LogP contribution in [0.4, 0.5) is 0 Å². The van der Waals surface area contributed by atoms with Gasteiger partial charge in [0.1, 0.15) is 0 Å². The van der Waals surface area contributed by atoms with Crippen LogP contribution in [0.25, 0.3) is 0 Å². The van der Waals surface area contributed by atoms with E-state index in [0.29, 0.717) is 5.75 Å². The van der Waals surface area contributed by atoms with E-state index in [9.17, 15) is 5.11 Å². The molecule has 18 heavy (non-hydrogen) atoms. The maximum Gasteiger partial charge on any atom is 0.161 e. The molecule has 0 saturated heterocycles. The molecule has 100 valence electrons. The molecule has 2 N–H and O–H groups in total. The van der Waals surface area contributed by atoms with Crippen molar-refractivity contribution in [3.05, 3.63) is 23.8 Å². The van der Waals surface area contributed by atoms with Crippen LogP contribution in [-0.4, -0.2) is 50.5 Å². The molecule has 0 aliphatic heterocycles. The lowest BCUT2D eigenvalue weighted by atomic mass is 10.2. The summed E-state index contributed by atoms with van der Waals surface area (Å²) >= 11 is 0. The zero-order chi connectivity index (χ0) is 13.4. The lowest BCUT2D eigenvalue weighted by Gasteiger charge is -2.08. The Bertz CT molecular complexity index is 392. The molecule has 0 fully saturated rings. The van der Waals surface area contributed by atoms with Crippen LogP contribution < -0.4 is 10.2 Å². The number of hydrogen-bond donors (Lipinski definition) is 2. The molecule has 0 spiro atoms. The highest BCUT2D eigenvalue weighted by atomic mass is 16.5. The minimum absolute atomic E-state index is 0.133. The molecule has 0 aliphatic carbocycles. The predicted octanol–water partition coefficient (Wildman–Crippen LogP) is 1.28. The van der Waals surface area contributed by atoms with Gasteiger partial charge in [0.15, 0.2) is 11.5 Å². The third-order valence-corrected chi connectivity index (χ3v) is 2.40. The Morgan fingerprint density at radius 2 is 2.22 bits per heavy atom. The Morgan fingerprint density at radius 3 is 2.89 bits per heavy atom. The fourth-order valence-electron chi connectivity index (χ4n) is 1.43. The fraction of sp³-hybridized carbons (Fsp3) is 0.462. The van der Waals surface area contributed by atoms with Gasteiger partial charge in [0.2, 0.25) is 0 Å². The number of hydrogen-bond acceptors (Lipinski definition) is 5. The van der Waals surface area contributed by atoms with Crippen LogP contribution >= 0.6 is 0 Å². The van der Waals surface area contributed by atoms with Crippen molar-refractivity contribution < 1.29 is 9.84 Å². The minimum atomic E-state index is 0.133. The molecule has 0 aliphatic rings. The Hall–Kier alpha value is -1.75. The van der Waals surface area contributed by atoms with Gasteiger partial charge >= 0.3 is 0 Å². The maximum atomic E-state index is 9.44. The number of ether oxygens (including phenoxy) is 1. The predicted molar refractivity (Wildman–Crippen MR) is 73.4 cm³/mol. The van der Waals surface area contributed by atoms with Gasteiger partial charge in [-0.05, 0) is 50.8 Å². The van der Waals surface area contributed by atoms with Crippen molar-refractivity contribution in [3.8, 4) is 11.5 Å². The van der Waals surface area contributed by atoms with Gasteiger partial charge in [-0.25, -0.2) is 0 Å². The van der Waals surface area contributed by atoms with Crippen molar-refractivity contribution >= 4 is 6.21 Å². The van der Waals surface area contributed by atoms with Crippen molar-refractivity contribution in [1.82, 2.24) is 10.3 Å². The quantitative estimate of drug-likeness (QED) is 0.435. The van der Waals surface area contributed by atoms with Crippen molar-refractivity contribution in [2.45, 2.75) is 6.42 Å². The topological polar surface area (TPSA) is 57.1 Å². The third-order valence-electron chi connectivity index (χ3n) is 2.40. The molecule has 1 aromatic rings. The second-order valence-electron chi connectivity index (χ2n) is 4.25. The zero-order valence-corrected chi connectivity index (χ0v) is 11.2. The van der Waals surface area contributed by atoms with Crippen LogP contribution in [0, 0.1) is 0 Å². The number of aromatic hydroxyl groups is 1. The lowest BCUT2D eigenvalue weighted by Crippen LogP contribution is -2.18. The second-order valence-corrected chi connectivity index (χ2v) is 4.25. The van der Waals surface area contributed by atoms with E-state index in [-0.39, 0.29) is 5.75 Å². The highest BCUT2D eigenvalue weighted by Gasteiger charge is 2.00. The lowest BCUT2D eigenvalue weighted by molar-refractivity contribution is 0.373. The molecule has 0 saturated carbocycles. The van der Waals surface area contributed by atoms with Crippen molar-refractivity contribution in [3.63, 3.8) is 0 Å². The summed E-state index contributed by atoms with van der Waals surface area (Å²) in [6.07, 6.45) is 2.75. The number of nitrogens with one attached hydrogen (secondary N) is 1. The molecule has 0 bridgehead atoms. The molecule has 0 radical (unpaired) electrons. The molecule has 0 aromatic heterocycles. The number of benzene rings is 1. The van der Waals surface area contributed by atoms with Gasteiger partial charge in [-0.1, -0.05) is 0 Å². The number of nitrogens with zero attached hydrogens (tertiary/aromatic N) is 2. The van der Waals surface area contributed by atoms with Gasteiger partial charge in [0, 0.05) is 6.54 Å². The zero-order valence-electron chi connectivity index (χ0n) is 11.2. The number of phenolic OH excluding ortho intramolecular Hbond substituents is 1. The largest absolute Gasteiger partial charge is 0.504 e. The van der Waals surface area contributed by atoms with Gasteiger partial charge in [-0.15, -0.1) is 0 Å². The molecular formula is C13H21N3O2. The molecule has 0 heterocycles.